The lowest BCUT2D eigenvalue weighted by Crippen LogP contribution is -2.36. The van der Waals surface area contributed by atoms with Crippen molar-refractivity contribution >= 4 is 15.9 Å². The van der Waals surface area contributed by atoms with Crippen LogP contribution in [0.5, 0.6) is 0 Å². The third-order valence-electron chi connectivity index (χ3n) is 3.45. The van der Waals surface area contributed by atoms with Crippen molar-refractivity contribution in [3.05, 3.63) is 35.4 Å². The number of nitrogens with zero attached hydrogens (tertiary/aromatic N) is 1. The van der Waals surface area contributed by atoms with Crippen LogP contribution in [0.25, 0.3) is 0 Å². The van der Waals surface area contributed by atoms with Gasteiger partial charge in [0.2, 0.25) is 0 Å². The maximum atomic E-state index is 5.16. The number of hydrogen-bond acceptors (Lipinski definition) is 2. The van der Waals surface area contributed by atoms with Gasteiger partial charge in [-0.1, -0.05) is 40.2 Å². The summed E-state index contributed by atoms with van der Waals surface area (Å²) in [5.74, 6) is 0.724. The molecule has 0 spiro atoms. The van der Waals surface area contributed by atoms with Gasteiger partial charge in [-0.25, -0.2) is 0 Å². The molecule has 1 atom stereocenters. The van der Waals surface area contributed by atoms with Gasteiger partial charge in [-0.05, 0) is 17.5 Å². The number of halogens is 1. The molecule has 0 saturated carbocycles. The number of benzene rings is 1. The molecule has 0 radical (unpaired) electrons. The lowest BCUT2D eigenvalue weighted by atomic mass is 9.77. The molecule has 0 amide bonds. The van der Waals surface area contributed by atoms with Crippen LogP contribution in [0.4, 0.5) is 0 Å². The summed E-state index contributed by atoms with van der Waals surface area (Å²) in [6, 6.07) is 8.80. The van der Waals surface area contributed by atoms with Gasteiger partial charge < -0.3 is 4.74 Å². The van der Waals surface area contributed by atoms with Crippen LogP contribution in [-0.2, 0) is 11.2 Å². The summed E-state index contributed by atoms with van der Waals surface area (Å²) in [4.78, 5) is 2.48. The van der Waals surface area contributed by atoms with E-state index in [9.17, 15) is 0 Å². The Morgan fingerprint density at radius 3 is 2.88 bits per heavy atom. The molecule has 0 aliphatic heterocycles. The molecular formula is C14H20BrNO. The molecule has 1 aromatic rings. The first kappa shape index (κ1) is 13.1. The van der Waals surface area contributed by atoms with Gasteiger partial charge in [-0.2, -0.15) is 0 Å². The van der Waals surface area contributed by atoms with E-state index >= 15 is 0 Å². The van der Waals surface area contributed by atoms with Crippen LogP contribution in [0.1, 0.15) is 17.0 Å². The van der Waals surface area contributed by atoms with E-state index in [0.717, 1.165) is 37.5 Å². The van der Waals surface area contributed by atoms with Crippen LogP contribution < -0.4 is 0 Å². The summed E-state index contributed by atoms with van der Waals surface area (Å²) in [5, 5.41) is 1.03. The molecule has 1 aromatic carbocycles. The molecule has 0 fully saturated rings. The van der Waals surface area contributed by atoms with Crippen molar-refractivity contribution in [2.45, 2.75) is 12.3 Å². The molecule has 17 heavy (non-hydrogen) atoms. The average molecular weight is 298 g/mol. The standard InChI is InChI=1S/C14H20BrNO/c1-17-9-8-16(7-6-15)11-13-10-12-4-2-3-5-14(12)13/h2-5,13H,6-11H2,1H3. The fourth-order valence-corrected chi connectivity index (χ4v) is 2.97. The van der Waals surface area contributed by atoms with Crippen LogP contribution >= 0.6 is 15.9 Å². The van der Waals surface area contributed by atoms with Gasteiger partial charge in [0.25, 0.3) is 0 Å². The SMILES string of the molecule is COCCN(CCBr)CC1Cc2ccccc21. The van der Waals surface area contributed by atoms with Crippen LogP contribution in [0.15, 0.2) is 24.3 Å². The second-order valence-electron chi connectivity index (χ2n) is 4.58. The van der Waals surface area contributed by atoms with E-state index in [1.807, 2.05) is 0 Å². The van der Waals surface area contributed by atoms with E-state index in [4.69, 9.17) is 4.74 Å². The van der Waals surface area contributed by atoms with Gasteiger partial charge in [0, 0.05) is 38.0 Å². The van der Waals surface area contributed by atoms with Crippen LogP contribution in [0.3, 0.4) is 0 Å². The first-order chi connectivity index (χ1) is 8.35. The Balaban J connectivity index is 1.87. The Bertz CT molecular complexity index is 356. The molecule has 3 heteroatoms. The second-order valence-corrected chi connectivity index (χ2v) is 5.38. The Morgan fingerprint density at radius 2 is 2.18 bits per heavy atom. The third-order valence-corrected chi connectivity index (χ3v) is 3.81. The van der Waals surface area contributed by atoms with Crippen molar-refractivity contribution in [2.24, 2.45) is 0 Å². The Kier molecular flexibility index (Phi) is 5.01. The van der Waals surface area contributed by atoms with Gasteiger partial charge >= 0.3 is 0 Å². The molecule has 2 rings (SSSR count). The van der Waals surface area contributed by atoms with E-state index < -0.39 is 0 Å². The summed E-state index contributed by atoms with van der Waals surface area (Å²) in [5.41, 5.74) is 3.08. The van der Waals surface area contributed by atoms with Crippen LogP contribution in [0.2, 0.25) is 0 Å². The molecule has 1 aliphatic rings. The second kappa shape index (κ2) is 6.53. The minimum absolute atomic E-state index is 0.724. The third kappa shape index (κ3) is 3.30. The smallest absolute Gasteiger partial charge is 0.0589 e. The predicted octanol–water partition coefficient (Wildman–Crippen LogP) is 2.67. The molecular weight excluding hydrogens is 278 g/mol. The van der Waals surface area contributed by atoms with E-state index in [1.54, 1.807) is 12.7 Å². The van der Waals surface area contributed by atoms with Crippen molar-refractivity contribution in [1.82, 2.24) is 4.90 Å². The molecule has 2 nitrogen and oxygen atoms in total. The molecule has 1 unspecified atom stereocenters. The van der Waals surface area contributed by atoms with Crippen molar-refractivity contribution in [2.75, 3.05) is 38.7 Å². The van der Waals surface area contributed by atoms with Crippen molar-refractivity contribution in [3.8, 4) is 0 Å². The lowest BCUT2D eigenvalue weighted by molar-refractivity contribution is 0.146. The zero-order chi connectivity index (χ0) is 12.1. The van der Waals surface area contributed by atoms with E-state index in [-0.39, 0.29) is 0 Å². The summed E-state index contributed by atoms with van der Waals surface area (Å²) in [6.45, 7) is 4.11. The highest BCUT2D eigenvalue weighted by Gasteiger charge is 2.26. The highest BCUT2D eigenvalue weighted by Crippen LogP contribution is 2.35. The zero-order valence-electron chi connectivity index (χ0n) is 10.4. The fraction of sp³-hybridized carbons (Fsp3) is 0.571. The van der Waals surface area contributed by atoms with E-state index in [2.05, 4.69) is 45.1 Å². The zero-order valence-corrected chi connectivity index (χ0v) is 11.9. The molecule has 0 aromatic heterocycles. The first-order valence-corrected chi connectivity index (χ1v) is 7.32. The largest absolute Gasteiger partial charge is 0.383 e. The van der Waals surface area contributed by atoms with Gasteiger partial charge in [0.15, 0.2) is 0 Å². The van der Waals surface area contributed by atoms with Gasteiger partial charge in [-0.3, -0.25) is 4.90 Å². The summed E-state index contributed by atoms with van der Waals surface area (Å²) in [6.07, 6.45) is 1.24. The number of methoxy groups -OCH3 is 1. The molecule has 0 N–H and O–H groups in total. The number of fused-ring (bicyclic) bond motifs is 1. The molecule has 0 saturated heterocycles. The molecule has 0 bridgehead atoms. The Labute approximate surface area is 112 Å². The van der Waals surface area contributed by atoms with Crippen LogP contribution in [0, 0.1) is 0 Å². The van der Waals surface area contributed by atoms with Gasteiger partial charge in [0.05, 0.1) is 6.61 Å². The van der Waals surface area contributed by atoms with Crippen molar-refractivity contribution in [1.29, 1.82) is 0 Å². The summed E-state index contributed by atoms with van der Waals surface area (Å²) in [7, 11) is 1.77. The first-order valence-electron chi connectivity index (χ1n) is 6.20. The molecule has 94 valence electrons. The number of rotatable bonds is 7. The monoisotopic (exact) mass is 297 g/mol. The number of hydrogen-bond donors (Lipinski definition) is 0. The maximum Gasteiger partial charge on any atom is 0.0589 e. The van der Waals surface area contributed by atoms with Crippen molar-refractivity contribution < 1.29 is 4.74 Å². The van der Waals surface area contributed by atoms with Crippen LogP contribution in [-0.4, -0.2) is 43.6 Å². The highest BCUT2D eigenvalue weighted by molar-refractivity contribution is 9.09. The number of alkyl halides is 1. The van der Waals surface area contributed by atoms with Crippen molar-refractivity contribution in [3.63, 3.8) is 0 Å². The number of ether oxygens (including phenoxy) is 1. The summed E-state index contributed by atoms with van der Waals surface area (Å²) < 4.78 is 5.16. The minimum Gasteiger partial charge on any atom is -0.383 e. The maximum absolute atomic E-state index is 5.16. The quantitative estimate of drug-likeness (QED) is 0.718. The predicted molar refractivity (Wildman–Crippen MR) is 75.0 cm³/mol. The van der Waals surface area contributed by atoms with Gasteiger partial charge in [-0.15, -0.1) is 0 Å². The summed E-state index contributed by atoms with van der Waals surface area (Å²) >= 11 is 3.52. The minimum atomic E-state index is 0.724. The highest BCUT2D eigenvalue weighted by atomic mass is 79.9. The average Bonchev–Trinajstić information content (AvgIpc) is 2.33. The van der Waals surface area contributed by atoms with E-state index in [0.29, 0.717) is 0 Å². The lowest BCUT2D eigenvalue weighted by Gasteiger charge is -2.34. The molecule has 0 heterocycles. The van der Waals surface area contributed by atoms with Gasteiger partial charge in [0.1, 0.15) is 0 Å². The Morgan fingerprint density at radius 1 is 1.35 bits per heavy atom. The Hall–Kier alpha value is -0.380. The normalized spacial score (nSPS) is 17.9. The molecule has 1 aliphatic carbocycles. The topological polar surface area (TPSA) is 12.5 Å². The van der Waals surface area contributed by atoms with E-state index in [1.165, 1.54) is 12.0 Å². The fourth-order valence-electron chi connectivity index (χ4n) is 2.47.